The molecule has 3 rings (SSSR count). The highest BCUT2D eigenvalue weighted by Gasteiger charge is 2.18. The number of aromatic nitrogens is 1. The van der Waals surface area contributed by atoms with Gasteiger partial charge in [-0.2, -0.15) is 0 Å². The molecule has 104 valence electrons. The Morgan fingerprint density at radius 3 is 3.10 bits per heavy atom. The van der Waals surface area contributed by atoms with Crippen molar-refractivity contribution in [2.45, 2.75) is 25.3 Å². The summed E-state index contributed by atoms with van der Waals surface area (Å²) < 4.78 is 0. The molecule has 5 heteroatoms. The van der Waals surface area contributed by atoms with Crippen LogP contribution in [-0.4, -0.2) is 23.5 Å². The number of pyridine rings is 1. The lowest BCUT2D eigenvalue weighted by atomic mass is 10.0. The molecule has 2 heterocycles. The first kappa shape index (κ1) is 13.2. The molecule has 0 unspecified atom stereocenters. The third-order valence-electron chi connectivity index (χ3n) is 3.55. The van der Waals surface area contributed by atoms with Gasteiger partial charge in [-0.15, -0.1) is 0 Å². The summed E-state index contributed by atoms with van der Waals surface area (Å²) in [6.07, 6.45) is 2.58. The summed E-state index contributed by atoms with van der Waals surface area (Å²) in [6, 6.07) is 9.99. The topological polar surface area (TPSA) is 54.0 Å². The predicted molar refractivity (Wildman–Crippen MR) is 81.0 cm³/mol. The molecule has 0 bridgehead atoms. The highest BCUT2D eigenvalue weighted by atomic mass is 35.5. The van der Waals surface area contributed by atoms with E-state index in [2.05, 4.69) is 15.6 Å². The Kier molecular flexibility index (Phi) is 3.74. The minimum atomic E-state index is 0.131. The molecular formula is C15H16ClN3O. The van der Waals surface area contributed by atoms with Gasteiger partial charge in [-0.25, -0.2) is 4.98 Å². The Balaban J connectivity index is 1.78. The van der Waals surface area contributed by atoms with Gasteiger partial charge in [0.15, 0.2) is 0 Å². The zero-order valence-electron chi connectivity index (χ0n) is 11.0. The molecule has 2 N–H and O–H groups in total. The smallest absolute Gasteiger partial charge is 0.220 e. The molecule has 1 fully saturated rings. The second kappa shape index (κ2) is 5.67. The number of carbonyl (C=O) groups excluding carboxylic acids is 1. The molecule has 1 amide bonds. The Bertz CT molecular complexity index is 644. The van der Waals surface area contributed by atoms with E-state index in [1.807, 2.05) is 30.3 Å². The summed E-state index contributed by atoms with van der Waals surface area (Å²) >= 11 is 6.05. The minimum absolute atomic E-state index is 0.131. The first-order valence-electron chi connectivity index (χ1n) is 6.81. The van der Waals surface area contributed by atoms with Crippen molar-refractivity contribution in [3.8, 4) is 0 Å². The number of benzene rings is 1. The van der Waals surface area contributed by atoms with Gasteiger partial charge in [-0.3, -0.25) is 4.79 Å². The number of amides is 1. The van der Waals surface area contributed by atoms with E-state index in [0.717, 1.165) is 29.4 Å². The molecule has 0 saturated carbocycles. The maximum absolute atomic E-state index is 11.4. The third-order valence-corrected chi connectivity index (χ3v) is 3.74. The summed E-state index contributed by atoms with van der Waals surface area (Å²) in [4.78, 5) is 15.7. The number of anilines is 1. The van der Waals surface area contributed by atoms with Crippen molar-refractivity contribution in [1.29, 1.82) is 0 Å². The highest BCUT2D eigenvalue weighted by Crippen LogP contribution is 2.24. The summed E-state index contributed by atoms with van der Waals surface area (Å²) in [5.41, 5.74) is 0. The van der Waals surface area contributed by atoms with Gasteiger partial charge >= 0.3 is 0 Å². The van der Waals surface area contributed by atoms with Gasteiger partial charge in [0.1, 0.15) is 11.0 Å². The van der Waals surface area contributed by atoms with Crippen molar-refractivity contribution in [2.75, 3.05) is 11.9 Å². The average Bonchev–Trinajstić information content (AvgIpc) is 2.44. The van der Waals surface area contributed by atoms with Crippen molar-refractivity contribution in [3.05, 3.63) is 35.5 Å². The maximum atomic E-state index is 11.4. The molecule has 2 aromatic rings. The predicted octanol–water partition coefficient (Wildman–Crippen LogP) is 2.97. The van der Waals surface area contributed by atoms with Crippen molar-refractivity contribution >= 4 is 34.1 Å². The van der Waals surface area contributed by atoms with E-state index in [-0.39, 0.29) is 11.9 Å². The Labute approximate surface area is 122 Å². The summed E-state index contributed by atoms with van der Waals surface area (Å²) in [6.45, 7) is 0.670. The van der Waals surface area contributed by atoms with Gasteiger partial charge in [0.2, 0.25) is 5.91 Å². The maximum Gasteiger partial charge on any atom is 0.220 e. The van der Waals surface area contributed by atoms with Crippen LogP contribution in [0.25, 0.3) is 10.8 Å². The van der Waals surface area contributed by atoms with Crippen LogP contribution >= 0.6 is 11.6 Å². The number of rotatable bonds is 3. The Morgan fingerprint density at radius 2 is 2.25 bits per heavy atom. The van der Waals surface area contributed by atoms with Crippen LogP contribution in [0.1, 0.15) is 19.3 Å². The number of piperidine rings is 1. The second-order valence-corrected chi connectivity index (χ2v) is 5.44. The number of nitrogens with zero attached hydrogens (tertiary/aromatic N) is 1. The lowest BCUT2D eigenvalue weighted by molar-refractivity contribution is -0.123. The molecule has 0 radical (unpaired) electrons. The third kappa shape index (κ3) is 2.85. The molecule has 1 aromatic heterocycles. The summed E-state index contributed by atoms with van der Waals surface area (Å²) in [5, 5.41) is 8.87. The first-order chi connectivity index (χ1) is 9.72. The van der Waals surface area contributed by atoms with Gasteiger partial charge in [0.05, 0.1) is 0 Å². The van der Waals surface area contributed by atoms with Crippen LogP contribution in [0.4, 0.5) is 5.82 Å². The zero-order chi connectivity index (χ0) is 13.9. The molecule has 0 aliphatic carbocycles. The number of nitrogens with one attached hydrogen (secondary N) is 2. The van der Waals surface area contributed by atoms with Gasteiger partial charge in [-0.05, 0) is 24.3 Å². The van der Waals surface area contributed by atoms with Crippen molar-refractivity contribution in [1.82, 2.24) is 10.3 Å². The minimum Gasteiger partial charge on any atom is -0.367 e. The molecule has 1 aromatic carbocycles. The monoisotopic (exact) mass is 289 g/mol. The summed E-state index contributed by atoms with van der Waals surface area (Å²) in [7, 11) is 0. The first-order valence-corrected chi connectivity index (χ1v) is 7.19. The van der Waals surface area contributed by atoms with E-state index in [1.165, 1.54) is 0 Å². The molecule has 1 saturated heterocycles. The van der Waals surface area contributed by atoms with Crippen molar-refractivity contribution in [2.24, 2.45) is 0 Å². The van der Waals surface area contributed by atoms with Crippen LogP contribution in [0.5, 0.6) is 0 Å². The molecule has 1 aliphatic rings. The molecule has 4 nitrogen and oxygen atoms in total. The van der Waals surface area contributed by atoms with Crippen LogP contribution in [0.3, 0.4) is 0 Å². The second-order valence-electron chi connectivity index (χ2n) is 5.05. The number of fused-ring (bicyclic) bond motifs is 1. The summed E-state index contributed by atoms with van der Waals surface area (Å²) in [5.74, 6) is 0.903. The van der Waals surface area contributed by atoms with Crippen LogP contribution in [0.15, 0.2) is 30.3 Å². The molecule has 1 aliphatic heterocycles. The van der Waals surface area contributed by atoms with E-state index < -0.39 is 0 Å². The molecule has 20 heavy (non-hydrogen) atoms. The SMILES string of the molecule is O=C1CCC[C@H](CNc2nc(Cl)cc3ccccc23)N1. The van der Waals surface area contributed by atoms with E-state index in [9.17, 15) is 4.79 Å². The normalized spacial score (nSPS) is 18.9. The molecular weight excluding hydrogens is 274 g/mol. The number of hydrogen-bond donors (Lipinski definition) is 2. The highest BCUT2D eigenvalue weighted by molar-refractivity contribution is 6.30. The fraction of sp³-hybridized carbons (Fsp3) is 0.333. The molecule has 0 spiro atoms. The number of carbonyl (C=O) groups is 1. The fourth-order valence-corrected chi connectivity index (χ4v) is 2.76. The van der Waals surface area contributed by atoms with Crippen LogP contribution in [0, 0.1) is 0 Å². The zero-order valence-corrected chi connectivity index (χ0v) is 11.8. The number of halogens is 1. The quantitative estimate of drug-likeness (QED) is 0.854. The van der Waals surface area contributed by atoms with Gasteiger partial charge < -0.3 is 10.6 Å². The van der Waals surface area contributed by atoms with Gasteiger partial charge in [-0.1, -0.05) is 35.9 Å². The van der Waals surface area contributed by atoms with Crippen LogP contribution in [0.2, 0.25) is 5.15 Å². The van der Waals surface area contributed by atoms with Crippen molar-refractivity contribution in [3.63, 3.8) is 0 Å². The van der Waals surface area contributed by atoms with Crippen molar-refractivity contribution < 1.29 is 4.79 Å². The van der Waals surface area contributed by atoms with Gasteiger partial charge in [0, 0.05) is 24.4 Å². The lowest BCUT2D eigenvalue weighted by Gasteiger charge is -2.24. The average molecular weight is 290 g/mol. The van der Waals surface area contributed by atoms with E-state index >= 15 is 0 Å². The van der Waals surface area contributed by atoms with E-state index in [0.29, 0.717) is 18.1 Å². The molecule has 1 atom stereocenters. The Hall–Kier alpha value is -1.81. The van der Waals surface area contributed by atoms with Gasteiger partial charge in [0.25, 0.3) is 0 Å². The van der Waals surface area contributed by atoms with E-state index in [1.54, 1.807) is 0 Å². The van der Waals surface area contributed by atoms with Crippen LogP contribution in [-0.2, 0) is 4.79 Å². The van der Waals surface area contributed by atoms with Crippen LogP contribution < -0.4 is 10.6 Å². The largest absolute Gasteiger partial charge is 0.367 e. The lowest BCUT2D eigenvalue weighted by Crippen LogP contribution is -2.42. The Morgan fingerprint density at radius 1 is 1.40 bits per heavy atom. The van der Waals surface area contributed by atoms with E-state index in [4.69, 9.17) is 11.6 Å². The standard InChI is InChI=1S/C15H16ClN3O/c16-13-8-10-4-1-2-6-12(10)15(19-13)17-9-11-5-3-7-14(20)18-11/h1-2,4,6,8,11H,3,5,7,9H2,(H,17,19)(H,18,20)/t11-/m1/s1. The number of hydrogen-bond acceptors (Lipinski definition) is 3. The fourth-order valence-electron chi connectivity index (χ4n) is 2.55.